The van der Waals surface area contributed by atoms with Crippen LogP contribution in [0, 0.1) is 0 Å². The summed E-state index contributed by atoms with van der Waals surface area (Å²) in [6.45, 7) is 8.90. The van der Waals surface area contributed by atoms with Gasteiger partial charge in [-0.05, 0) is 55.4 Å². The topological polar surface area (TPSA) is 133 Å². The lowest BCUT2D eigenvalue weighted by molar-refractivity contribution is -0.111. The van der Waals surface area contributed by atoms with Crippen molar-refractivity contribution in [2.24, 2.45) is 0 Å². The van der Waals surface area contributed by atoms with Crippen molar-refractivity contribution in [2.75, 3.05) is 41.3 Å². The van der Waals surface area contributed by atoms with Crippen LogP contribution in [0.1, 0.15) is 13.3 Å². The van der Waals surface area contributed by atoms with E-state index in [1.165, 1.54) is 12.5 Å². The largest absolute Gasteiger partial charge is 0.438 e. The van der Waals surface area contributed by atoms with Crippen LogP contribution in [-0.2, 0) is 4.79 Å². The molecular formula is C27H30N8O2. The molecule has 4 aromatic rings. The van der Waals surface area contributed by atoms with Gasteiger partial charge in [0.25, 0.3) is 0 Å². The molecule has 2 aromatic heterocycles. The lowest BCUT2D eigenvalue weighted by atomic mass is 10.1. The van der Waals surface area contributed by atoms with Gasteiger partial charge in [-0.1, -0.05) is 19.6 Å². The van der Waals surface area contributed by atoms with Crippen LogP contribution < -0.4 is 26.4 Å². The Hall–Kier alpha value is -4.57. The second kappa shape index (κ2) is 10.6. The Morgan fingerprint density at radius 2 is 2.08 bits per heavy atom. The molecule has 0 unspecified atom stereocenters. The van der Waals surface area contributed by atoms with Gasteiger partial charge in [0.2, 0.25) is 17.7 Å². The molecule has 0 spiro atoms. The Morgan fingerprint density at radius 3 is 2.86 bits per heavy atom. The van der Waals surface area contributed by atoms with E-state index in [9.17, 15) is 4.79 Å². The fraction of sp³-hybridized carbons (Fsp3) is 0.222. The van der Waals surface area contributed by atoms with E-state index in [4.69, 9.17) is 10.5 Å². The van der Waals surface area contributed by atoms with E-state index >= 15 is 0 Å². The van der Waals surface area contributed by atoms with E-state index in [0.717, 1.165) is 30.7 Å². The fourth-order valence-electron chi connectivity index (χ4n) is 4.27. The minimum Gasteiger partial charge on any atom is -0.438 e. The van der Waals surface area contributed by atoms with Crippen molar-refractivity contribution < 1.29 is 9.53 Å². The molecule has 190 valence electrons. The van der Waals surface area contributed by atoms with Gasteiger partial charge in [0, 0.05) is 36.7 Å². The number of H-pyrrole nitrogens is 1. The summed E-state index contributed by atoms with van der Waals surface area (Å²) < 4.78 is 6.09. The van der Waals surface area contributed by atoms with Gasteiger partial charge in [0.05, 0.1) is 22.8 Å². The van der Waals surface area contributed by atoms with Gasteiger partial charge in [0.1, 0.15) is 11.4 Å². The number of fused-ring (bicyclic) bond motifs is 1. The molecule has 37 heavy (non-hydrogen) atoms. The number of carbonyl (C=O) groups is 1. The molecule has 0 aliphatic carbocycles. The molecule has 6 N–H and O–H groups in total. The average molecular weight is 499 g/mol. The summed E-state index contributed by atoms with van der Waals surface area (Å²) in [5, 5.41) is 10.2. The SMILES string of the molecule is C=CC(=O)Nc1cccc(Oc2nc(Nc3ccc(NC4CN(CCC)C4)cc3N)nc3[nH]ccc23)c1. The lowest BCUT2D eigenvalue weighted by Crippen LogP contribution is -2.54. The number of aromatic amines is 1. The number of carbonyl (C=O) groups excluding carboxylic acids is 1. The predicted octanol–water partition coefficient (Wildman–Crippen LogP) is 4.71. The number of nitrogens with two attached hydrogens (primary N) is 1. The number of nitrogens with zero attached hydrogens (tertiary/aromatic N) is 3. The highest BCUT2D eigenvalue weighted by molar-refractivity contribution is 5.99. The number of ether oxygens (including phenoxy) is 1. The molecule has 1 aliphatic rings. The zero-order chi connectivity index (χ0) is 25.8. The van der Waals surface area contributed by atoms with Crippen molar-refractivity contribution in [1.29, 1.82) is 0 Å². The Bertz CT molecular complexity index is 1430. The summed E-state index contributed by atoms with van der Waals surface area (Å²) in [7, 11) is 0. The molecule has 10 nitrogen and oxygen atoms in total. The zero-order valence-corrected chi connectivity index (χ0v) is 20.6. The van der Waals surface area contributed by atoms with Crippen LogP contribution in [-0.4, -0.2) is 51.4 Å². The third-order valence-corrected chi connectivity index (χ3v) is 6.05. The van der Waals surface area contributed by atoms with Crippen LogP contribution >= 0.6 is 0 Å². The summed E-state index contributed by atoms with van der Waals surface area (Å²) >= 11 is 0. The number of hydrogen-bond acceptors (Lipinski definition) is 8. The van der Waals surface area contributed by atoms with Gasteiger partial charge >= 0.3 is 0 Å². The first-order chi connectivity index (χ1) is 18.0. The maximum atomic E-state index is 11.6. The van der Waals surface area contributed by atoms with E-state index < -0.39 is 0 Å². The average Bonchev–Trinajstić information content (AvgIpc) is 3.34. The van der Waals surface area contributed by atoms with E-state index in [-0.39, 0.29) is 5.91 Å². The highest BCUT2D eigenvalue weighted by Gasteiger charge is 2.25. The normalized spacial score (nSPS) is 13.6. The molecule has 3 heterocycles. The molecule has 5 rings (SSSR count). The molecule has 0 saturated carbocycles. The second-order valence-corrected chi connectivity index (χ2v) is 8.94. The smallest absolute Gasteiger partial charge is 0.247 e. The van der Waals surface area contributed by atoms with Crippen molar-refractivity contribution in [3.8, 4) is 11.6 Å². The number of nitrogen functional groups attached to an aromatic ring is 1. The molecule has 1 saturated heterocycles. The molecule has 1 aliphatic heterocycles. The lowest BCUT2D eigenvalue weighted by Gasteiger charge is -2.40. The van der Waals surface area contributed by atoms with Crippen molar-refractivity contribution in [3.05, 3.63) is 67.4 Å². The van der Waals surface area contributed by atoms with E-state index in [1.807, 2.05) is 24.3 Å². The maximum absolute atomic E-state index is 11.6. The van der Waals surface area contributed by atoms with E-state index in [1.54, 1.807) is 30.5 Å². The highest BCUT2D eigenvalue weighted by atomic mass is 16.5. The second-order valence-electron chi connectivity index (χ2n) is 8.94. The highest BCUT2D eigenvalue weighted by Crippen LogP contribution is 2.32. The number of nitrogens with one attached hydrogen (secondary N) is 4. The zero-order valence-electron chi connectivity index (χ0n) is 20.6. The van der Waals surface area contributed by atoms with Crippen LogP contribution in [0.4, 0.5) is 28.7 Å². The number of anilines is 5. The van der Waals surface area contributed by atoms with Crippen molar-refractivity contribution in [3.63, 3.8) is 0 Å². The number of rotatable bonds is 10. The van der Waals surface area contributed by atoms with Gasteiger partial charge in [-0.3, -0.25) is 9.69 Å². The van der Waals surface area contributed by atoms with Crippen LogP contribution in [0.15, 0.2) is 67.4 Å². The minimum atomic E-state index is -0.302. The van der Waals surface area contributed by atoms with Crippen molar-refractivity contribution >= 4 is 45.6 Å². The minimum absolute atomic E-state index is 0.302. The Labute approximate surface area is 214 Å². The van der Waals surface area contributed by atoms with Gasteiger partial charge < -0.3 is 31.4 Å². The molecular weight excluding hydrogens is 468 g/mol. The van der Waals surface area contributed by atoms with Gasteiger partial charge in [-0.15, -0.1) is 0 Å². The van der Waals surface area contributed by atoms with E-state index in [2.05, 4.69) is 49.3 Å². The molecule has 10 heteroatoms. The quantitative estimate of drug-likeness (QED) is 0.157. The van der Waals surface area contributed by atoms with Gasteiger partial charge in [-0.2, -0.15) is 9.97 Å². The van der Waals surface area contributed by atoms with Crippen LogP contribution in [0.25, 0.3) is 11.0 Å². The van der Waals surface area contributed by atoms with E-state index in [0.29, 0.717) is 46.3 Å². The van der Waals surface area contributed by atoms with Crippen LogP contribution in [0.5, 0.6) is 11.6 Å². The molecule has 0 bridgehead atoms. The van der Waals surface area contributed by atoms with Crippen LogP contribution in [0.2, 0.25) is 0 Å². The molecule has 1 fully saturated rings. The molecule has 2 aromatic carbocycles. The standard InChI is InChI=1S/C27H30N8O2/c1-3-12-35-15-19(16-35)30-18-8-9-23(22(28)14-18)32-27-33-25-21(10-11-29-25)26(34-27)37-20-7-5-6-17(13-20)31-24(36)4-2/h4-11,13-14,19,30H,2-3,12,15-16,28H2,1H3,(H,31,36)(H2,29,32,33,34). The number of hydrogen-bond donors (Lipinski definition) is 5. The summed E-state index contributed by atoms with van der Waals surface area (Å²) in [5.74, 6) is 0.906. The van der Waals surface area contributed by atoms with Crippen molar-refractivity contribution in [1.82, 2.24) is 19.9 Å². The fourth-order valence-corrected chi connectivity index (χ4v) is 4.27. The Balaban J connectivity index is 1.32. The summed E-state index contributed by atoms with van der Waals surface area (Å²) in [5.41, 5.74) is 9.81. The first-order valence-corrected chi connectivity index (χ1v) is 12.2. The predicted molar refractivity (Wildman–Crippen MR) is 148 cm³/mol. The Morgan fingerprint density at radius 1 is 1.22 bits per heavy atom. The molecule has 1 amide bonds. The first-order valence-electron chi connectivity index (χ1n) is 12.2. The Kier molecular flexibility index (Phi) is 6.91. The van der Waals surface area contributed by atoms with Crippen LogP contribution in [0.3, 0.4) is 0 Å². The summed E-state index contributed by atoms with van der Waals surface area (Å²) in [4.78, 5) is 26.3. The number of benzene rings is 2. The third-order valence-electron chi connectivity index (χ3n) is 6.05. The monoisotopic (exact) mass is 498 g/mol. The molecule has 0 atom stereocenters. The third kappa shape index (κ3) is 5.65. The maximum Gasteiger partial charge on any atom is 0.247 e. The number of likely N-dealkylation sites (tertiary alicyclic amines) is 1. The summed E-state index contributed by atoms with van der Waals surface area (Å²) in [6, 6.07) is 15.1. The van der Waals surface area contributed by atoms with Crippen molar-refractivity contribution in [2.45, 2.75) is 19.4 Å². The first kappa shape index (κ1) is 24.1. The molecule has 0 radical (unpaired) electrons. The van der Waals surface area contributed by atoms with Gasteiger partial charge in [0.15, 0.2) is 0 Å². The summed E-state index contributed by atoms with van der Waals surface area (Å²) in [6.07, 6.45) is 4.15. The van der Waals surface area contributed by atoms with Gasteiger partial charge in [-0.25, -0.2) is 0 Å². The number of aromatic nitrogens is 3. The number of amides is 1.